The lowest BCUT2D eigenvalue weighted by atomic mass is 10.0. The normalized spacial score (nSPS) is 19.2. The Morgan fingerprint density at radius 1 is 1.30 bits per heavy atom. The number of rotatable bonds is 6. The van der Waals surface area contributed by atoms with Crippen molar-refractivity contribution in [2.24, 2.45) is 0 Å². The van der Waals surface area contributed by atoms with Crippen LogP contribution in [0.1, 0.15) is 42.6 Å². The van der Waals surface area contributed by atoms with Gasteiger partial charge in [-0.3, -0.25) is 9.58 Å². The average Bonchev–Trinajstić information content (AvgIpc) is 3.08. The zero-order valence-electron chi connectivity index (χ0n) is 14.2. The van der Waals surface area contributed by atoms with E-state index in [1.165, 1.54) is 25.0 Å². The third-order valence-corrected chi connectivity index (χ3v) is 5.11. The molecular weight excluding hydrogens is 310 g/mol. The van der Waals surface area contributed by atoms with Crippen LogP contribution in [0.2, 0.25) is 0 Å². The van der Waals surface area contributed by atoms with E-state index in [1.807, 2.05) is 6.92 Å². The highest BCUT2D eigenvalue weighted by molar-refractivity contribution is 7.13. The number of aromatic nitrogens is 4. The molecule has 0 radical (unpaired) electrons. The molecule has 2 aromatic heterocycles. The Labute approximate surface area is 141 Å². The maximum Gasteiger partial charge on any atom is 0.294 e. The van der Waals surface area contributed by atoms with Crippen molar-refractivity contribution >= 4 is 11.3 Å². The maximum atomic E-state index is 5.43. The third kappa shape index (κ3) is 4.09. The van der Waals surface area contributed by atoms with E-state index in [4.69, 9.17) is 4.74 Å². The van der Waals surface area contributed by atoms with Crippen LogP contribution >= 0.6 is 11.3 Å². The summed E-state index contributed by atoms with van der Waals surface area (Å²) in [6.45, 7) is 9.72. The summed E-state index contributed by atoms with van der Waals surface area (Å²) in [6, 6.07) is 2.66. The predicted molar refractivity (Wildman–Crippen MR) is 90.8 cm³/mol. The second-order valence-corrected chi connectivity index (χ2v) is 7.15. The minimum Gasteiger partial charge on any atom is -0.469 e. The van der Waals surface area contributed by atoms with Crippen LogP contribution in [0.15, 0.2) is 6.07 Å². The van der Waals surface area contributed by atoms with Crippen molar-refractivity contribution in [3.8, 4) is 5.19 Å². The molecule has 6 nitrogen and oxygen atoms in total. The molecule has 0 bridgehead atoms. The highest BCUT2D eigenvalue weighted by atomic mass is 32.1. The van der Waals surface area contributed by atoms with Gasteiger partial charge >= 0.3 is 0 Å². The number of hydrogen-bond donors (Lipinski definition) is 0. The summed E-state index contributed by atoms with van der Waals surface area (Å²) >= 11 is 1.56. The van der Waals surface area contributed by atoms with Crippen LogP contribution in [0, 0.1) is 13.8 Å². The third-order valence-electron chi connectivity index (χ3n) is 4.29. The molecule has 0 unspecified atom stereocenters. The van der Waals surface area contributed by atoms with E-state index >= 15 is 0 Å². The molecule has 1 aliphatic rings. The van der Waals surface area contributed by atoms with Gasteiger partial charge in [-0.1, -0.05) is 17.8 Å². The number of likely N-dealkylation sites (tertiary alicyclic amines) is 1. The lowest BCUT2D eigenvalue weighted by Crippen LogP contribution is -2.41. The van der Waals surface area contributed by atoms with Crippen molar-refractivity contribution in [2.45, 2.75) is 59.2 Å². The first-order chi connectivity index (χ1) is 11.2. The summed E-state index contributed by atoms with van der Waals surface area (Å²) in [5.74, 6) is 0. The van der Waals surface area contributed by atoms with Crippen LogP contribution in [0.25, 0.3) is 0 Å². The fourth-order valence-corrected chi connectivity index (χ4v) is 3.96. The molecule has 7 heteroatoms. The molecule has 0 spiro atoms. The van der Waals surface area contributed by atoms with Crippen LogP contribution in [-0.4, -0.2) is 44.1 Å². The highest BCUT2D eigenvalue weighted by Gasteiger charge is 2.25. The van der Waals surface area contributed by atoms with E-state index in [-0.39, 0.29) is 0 Å². The van der Waals surface area contributed by atoms with Gasteiger partial charge in [-0.15, -0.1) is 10.2 Å². The minimum atomic E-state index is 0.515. The molecule has 1 saturated heterocycles. The smallest absolute Gasteiger partial charge is 0.294 e. The van der Waals surface area contributed by atoms with Gasteiger partial charge in [0, 0.05) is 11.7 Å². The Morgan fingerprint density at radius 3 is 2.91 bits per heavy atom. The zero-order valence-corrected chi connectivity index (χ0v) is 15.0. The van der Waals surface area contributed by atoms with E-state index in [0.717, 1.165) is 30.3 Å². The number of ether oxygens (including phenoxy) is 1. The Bertz CT molecular complexity index is 638. The largest absolute Gasteiger partial charge is 0.469 e. The van der Waals surface area contributed by atoms with Crippen molar-refractivity contribution < 1.29 is 4.74 Å². The Kier molecular flexibility index (Phi) is 5.27. The first-order valence-corrected chi connectivity index (χ1v) is 9.17. The summed E-state index contributed by atoms with van der Waals surface area (Å²) in [6.07, 6.45) is 3.76. The number of hydrogen-bond acceptors (Lipinski definition) is 6. The van der Waals surface area contributed by atoms with Crippen LogP contribution in [0.5, 0.6) is 5.19 Å². The van der Waals surface area contributed by atoms with E-state index in [2.05, 4.69) is 44.8 Å². The summed E-state index contributed by atoms with van der Waals surface area (Å²) in [5, 5.41) is 14.7. The van der Waals surface area contributed by atoms with Crippen LogP contribution < -0.4 is 4.74 Å². The van der Waals surface area contributed by atoms with E-state index in [0.29, 0.717) is 17.8 Å². The van der Waals surface area contributed by atoms with Gasteiger partial charge in [-0.05, 0) is 46.2 Å². The molecule has 1 atom stereocenters. The van der Waals surface area contributed by atoms with Gasteiger partial charge in [0.1, 0.15) is 5.01 Å². The molecule has 126 valence electrons. The number of aryl methyl sites for hydroxylation is 2. The standard InChI is InChI=1S/C16H25N5OS/c1-4-22-16-18-17-15(23-16)11-20-8-6-5-7-14(20)10-21-13(3)9-12(2)19-21/h9,14H,4-8,10-11H2,1-3H3/t14-/m1/s1. The molecule has 3 rings (SSSR count). The monoisotopic (exact) mass is 335 g/mol. The predicted octanol–water partition coefficient (Wildman–Crippen LogP) is 2.80. The van der Waals surface area contributed by atoms with Crippen molar-refractivity contribution in [1.82, 2.24) is 24.9 Å². The van der Waals surface area contributed by atoms with Gasteiger partial charge in [0.05, 0.1) is 25.4 Å². The lowest BCUT2D eigenvalue weighted by molar-refractivity contribution is 0.121. The molecule has 0 saturated carbocycles. The molecule has 23 heavy (non-hydrogen) atoms. The molecule has 3 heterocycles. The van der Waals surface area contributed by atoms with Gasteiger partial charge in [0.25, 0.3) is 5.19 Å². The van der Waals surface area contributed by atoms with Crippen molar-refractivity contribution in [1.29, 1.82) is 0 Å². The van der Waals surface area contributed by atoms with E-state index in [1.54, 1.807) is 11.3 Å². The van der Waals surface area contributed by atoms with Gasteiger partial charge in [-0.2, -0.15) is 5.10 Å². The SMILES string of the molecule is CCOc1nnc(CN2CCCC[C@@H]2Cn2nc(C)cc2C)s1. The second kappa shape index (κ2) is 7.40. The minimum absolute atomic E-state index is 0.515. The topological polar surface area (TPSA) is 56.1 Å². The zero-order chi connectivity index (χ0) is 16.2. The Morgan fingerprint density at radius 2 is 2.17 bits per heavy atom. The Balaban J connectivity index is 1.67. The van der Waals surface area contributed by atoms with Gasteiger partial charge in [-0.25, -0.2) is 0 Å². The first-order valence-electron chi connectivity index (χ1n) is 8.36. The fraction of sp³-hybridized carbons (Fsp3) is 0.688. The molecule has 2 aromatic rings. The summed E-state index contributed by atoms with van der Waals surface area (Å²) in [5.41, 5.74) is 2.33. The van der Waals surface area contributed by atoms with E-state index < -0.39 is 0 Å². The number of piperidine rings is 1. The second-order valence-electron chi connectivity index (χ2n) is 6.12. The summed E-state index contributed by atoms with van der Waals surface area (Å²) in [7, 11) is 0. The van der Waals surface area contributed by atoms with Gasteiger partial charge in [0.2, 0.25) is 0 Å². The molecule has 1 aliphatic heterocycles. The molecule has 0 N–H and O–H groups in total. The molecule has 0 amide bonds. The average molecular weight is 335 g/mol. The fourth-order valence-electron chi connectivity index (χ4n) is 3.19. The van der Waals surface area contributed by atoms with E-state index in [9.17, 15) is 0 Å². The van der Waals surface area contributed by atoms with Crippen LogP contribution in [0.4, 0.5) is 0 Å². The van der Waals surface area contributed by atoms with Crippen molar-refractivity contribution in [3.05, 3.63) is 22.5 Å². The molecular formula is C16H25N5OS. The maximum absolute atomic E-state index is 5.43. The number of nitrogens with zero attached hydrogens (tertiary/aromatic N) is 5. The quantitative estimate of drug-likeness (QED) is 0.812. The van der Waals surface area contributed by atoms with Crippen LogP contribution in [-0.2, 0) is 13.1 Å². The van der Waals surface area contributed by atoms with Crippen molar-refractivity contribution in [2.75, 3.05) is 13.2 Å². The molecule has 0 aliphatic carbocycles. The van der Waals surface area contributed by atoms with Crippen LogP contribution in [0.3, 0.4) is 0 Å². The lowest BCUT2D eigenvalue weighted by Gasteiger charge is -2.35. The first kappa shape index (κ1) is 16.4. The molecule has 0 aromatic carbocycles. The summed E-state index contributed by atoms with van der Waals surface area (Å²) in [4.78, 5) is 2.52. The highest BCUT2D eigenvalue weighted by Crippen LogP contribution is 2.24. The van der Waals surface area contributed by atoms with Gasteiger partial charge in [0.15, 0.2) is 0 Å². The van der Waals surface area contributed by atoms with Crippen molar-refractivity contribution in [3.63, 3.8) is 0 Å². The Hall–Kier alpha value is -1.47. The van der Waals surface area contributed by atoms with Gasteiger partial charge < -0.3 is 4.74 Å². The molecule has 1 fully saturated rings. The summed E-state index contributed by atoms with van der Waals surface area (Å²) < 4.78 is 7.57.